The normalized spacial score (nSPS) is 18.8. The predicted molar refractivity (Wildman–Crippen MR) is 86.1 cm³/mol. The van der Waals surface area contributed by atoms with Gasteiger partial charge >= 0.3 is 0 Å². The summed E-state index contributed by atoms with van der Waals surface area (Å²) in [5.41, 5.74) is 0.921. The Labute approximate surface area is 140 Å². The van der Waals surface area contributed by atoms with Crippen molar-refractivity contribution in [2.75, 3.05) is 13.2 Å². The van der Waals surface area contributed by atoms with Gasteiger partial charge in [0.05, 0.1) is 13.0 Å². The first-order valence-electron chi connectivity index (χ1n) is 8.25. The molecule has 24 heavy (non-hydrogen) atoms. The number of nitrogens with zero attached hydrogens (tertiary/aromatic N) is 3. The van der Waals surface area contributed by atoms with Crippen molar-refractivity contribution < 1.29 is 14.3 Å². The maximum absolute atomic E-state index is 12.3. The molecule has 0 radical (unpaired) electrons. The first kappa shape index (κ1) is 15.0. The minimum atomic E-state index is 0.0111. The van der Waals surface area contributed by atoms with E-state index in [9.17, 15) is 4.79 Å². The number of aryl methyl sites for hydroxylation is 2. The van der Waals surface area contributed by atoms with Gasteiger partial charge in [-0.25, -0.2) is 9.67 Å². The average molecular weight is 328 g/mol. The molecule has 7 nitrogen and oxygen atoms in total. The molecule has 2 aromatic rings. The summed E-state index contributed by atoms with van der Waals surface area (Å²) in [7, 11) is 0. The zero-order valence-corrected chi connectivity index (χ0v) is 13.6. The van der Waals surface area contributed by atoms with Crippen LogP contribution in [0.1, 0.15) is 23.6 Å². The van der Waals surface area contributed by atoms with Crippen molar-refractivity contribution in [1.82, 2.24) is 20.1 Å². The van der Waals surface area contributed by atoms with Gasteiger partial charge in [0.25, 0.3) is 0 Å². The highest BCUT2D eigenvalue weighted by atomic mass is 16.6. The maximum Gasteiger partial charge on any atom is 0.224 e. The van der Waals surface area contributed by atoms with Gasteiger partial charge in [-0.3, -0.25) is 4.79 Å². The Kier molecular flexibility index (Phi) is 3.84. The van der Waals surface area contributed by atoms with Gasteiger partial charge < -0.3 is 14.8 Å². The number of hydrogen-bond acceptors (Lipinski definition) is 5. The standard InChI is InChI=1S/C17H20N4O3/c1-11-18-16-5-3-13(10-21(16)20-11)19-17(22)9-12-2-4-14-15(8-12)24-7-6-23-14/h2,4,8,13H,3,5-7,9-10H2,1H3,(H,19,22). The molecule has 1 atom stereocenters. The lowest BCUT2D eigenvalue weighted by Crippen LogP contribution is -2.42. The van der Waals surface area contributed by atoms with Crippen molar-refractivity contribution in [2.24, 2.45) is 0 Å². The van der Waals surface area contributed by atoms with Gasteiger partial charge in [-0.05, 0) is 31.0 Å². The van der Waals surface area contributed by atoms with E-state index in [4.69, 9.17) is 9.47 Å². The van der Waals surface area contributed by atoms with E-state index in [1.165, 1.54) is 0 Å². The van der Waals surface area contributed by atoms with E-state index in [-0.39, 0.29) is 11.9 Å². The van der Waals surface area contributed by atoms with E-state index in [1.807, 2.05) is 29.8 Å². The number of carbonyl (C=O) groups is 1. The highest BCUT2D eigenvalue weighted by Gasteiger charge is 2.22. The van der Waals surface area contributed by atoms with Crippen molar-refractivity contribution >= 4 is 5.91 Å². The second-order valence-corrected chi connectivity index (χ2v) is 6.22. The first-order valence-corrected chi connectivity index (χ1v) is 8.25. The third-order valence-corrected chi connectivity index (χ3v) is 4.30. The lowest BCUT2D eigenvalue weighted by Gasteiger charge is -2.23. The molecule has 3 heterocycles. The molecule has 126 valence electrons. The molecule has 1 aromatic heterocycles. The van der Waals surface area contributed by atoms with Crippen molar-refractivity contribution in [1.29, 1.82) is 0 Å². The number of ether oxygens (including phenoxy) is 2. The molecule has 1 N–H and O–H groups in total. The number of hydrogen-bond donors (Lipinski definition) is 1. The number of fused-ring (bicyclic) bond motifs is 2. The van der Waals surface area contributed by atoms with Gasteiger partial charge in [0.15, 0.2) is 11.5 Å². The quantitative estimate of drug-likeness (QED) is 0.910. The van der Waals surface area contributed by atoms with Crippen LogP contribution < -0.4 is 14.8 Å². The van der Waals surface area contributed by atoms with Gasteiger partial charge in [0, 0.05) is 12.5 Å². The Morgan fingerprint density at radius 3 is 3.04 bits per heavy atom. The molecule has 1 unspecified atom stereocenters. The van der Waals surface area contributed by atoms with Crippen LogP contribution in [0, 0.1) is 6.92 Å². The van der Waals surface area contributed by atoms with Crippen molar-refractivity contribution in [3.8, 4) is 11.5 Å². The number of amides is 1. The molecular weight excluding hydrogens is 308 g/mol. The third kappa shape index (κ3) is 3.06. The van der Waals surface area contributed by atoms with Gasteiger partial charge in [0.2, 0.25) is 5.91 Å². The van der Waals surface area contributed by atoms with Crippen LogP contribution >= 0.6 is 0 Å². The van der Waals surface area contributed by atoms with Crippen LogP contribution in [-0.4, -0.2) is 39.9 Å². The molecule has 0 spiro atoms. The van der Waals surface area contributed by atoms with Crippen LogP contribution in [0.3, 0.4) is 0 Å². The number of aromatic nitrogens is 3. The number of benzene rings is 1. The molecule has 0 saturated carbocycles. The fraction of sp³-hybridized carbons (Fsp3) is 0.471. The Bertz CT molecular complexity index is 771. The largest absolute Gasteiger partial charge is 0.486 e. The molecule has 4 rings (SSSR count). The molecule has 7 heteroatoms. The number of rotatable bonds is 3. The Balaban J connectivity index is 1.37. The summed E-state index contributed by atoms with van der Waals surface area (Å²) in [4.78, 5) is 16.7. The van der Waals surface area contributed by atoms with Gasteiger partial charge in [-0.15, -0.1) is 0 Å². The fourth-order valence-electron chi connectivity index (χ4n) is 3.21. The van der Waals surface area contributed by atoms with E-state index in [2.05, 4.69) is 15.4 Å². The summed E-state index contributed by atoms with van der Waals surface area (Å²) in [5.74, 6) is 3.26. The second-order valence-electron chi connectivity index (χ2n) is 6.22. The number of nitrogens with one attached hydrogen (secondary N) is 1. The number of carbonyl (C=O) groups excluding carboxylic acids is 1. The zero-order valence-electron chi connectivity index (χ0n) is 13.6. The van der Waals surface area contributed by atoms with Crippen LogP contribution in [-0.2, 0) is 24.2 Å². The first-order chi connectivity index (χ1) is 11.7. The summed E-state index contributed by atoms with van der Waals surface area (Å²) in [6.07, 6.45) is 2.07. The maximum atomic E-state index is 12.3. The summed E-state index contributed by atoms with van der Waals surface area (Å²) in [6, 6.07) is 5.76. The topological polar surface area (TPSA) is 78.3 Å². The predicted octanol–water partition coefficient (Wildman–Crippen LogP) is 1.03. The fourth-order valence-corrected chi connectivity index (χ4v) is 3.21. The summed E-state index contributed by atoms with van der Waals surface area (Å²) < 4.78 is 13.0. The summed E-state index contributed by atoms with van der Waals surface area (Å²) in [6.45, 7) is 3.69. The lowest BCUT2D eigenvalue weighted by molar-refractivity contribution is -0.121. The van der Waals surface area contributed by atoms with Gasteiger partial charge in [-0.1, -0.05) is 6.07 Å². The Morgan fingerprint density at radius 2 is 2.17 bits per heavy atom. The van der Waals surface area contributed by atoms with Crippen molar-refractivity contribution in [3.63, 3.8) is 0 Å². The van der Waals surface area contributed by atoms with E-state index >= 15 is 0 Å². The molecule has 0 bridgehead atoms. The zero-order chi connectivity index (χ0) is 16.5. The Morgan fingerprint density at radius 1 is 1.33 bits per heavy atom. The lowest BCUT2D eigenvalue weighted by atomic mass is 10.1. The van der Waals surface area contributed by atoms with Crippen LogP contribution in [0.4, 0.5) is 0 Å². The molecule has 0 saturated heterocycles. The summed E-state index contributed by atoms with van der Waals surface area (Å²) >= 11 is 0. The molecule has 0 aliphatic carbocycles. The van der Waals surface area contributed by atoms with Crippen molar-refractivity contribution in [2.45, 2.75) is 38.8 Å². The minimum absolute atomic E-state index is 0.0111. The molecule has 1 amide bonds. The van der Waals surface area contributed by atoms with Crippen LogP contribution in [0.25, 0.3) is 0 Å². The van der Waals surface area contributed by atoms with E-state index < -0.39 is 0 Å². The molecular formula is C17H20N4O3. The smallest absolute Gasteiger partial charge is 0.224 e. The Hall–Kier alpha value is -2.57. The minimum Gasteiger partial charge on any atom is -0.486 e. The molecule has 0 fully saturated rings. The van der Waals surface area contributed by atoms with E-state index in [0.29, 0.717) is 31.9 Å². The molecule has 2 aliphatic rings. The van der Waals surface area contributed by atoms with Gasteiger partial charge in [0.1, 0.15) is 24.9 Å². The van der Waals surface area contributed by atoms with Crippen LogP contribution in [0.15, 0.2) is 18.2 Å². The third-order valence-electron chi connectivity index (χ3n) is 4.30. The van der Waals surface area contributed by atoms with Crippen LogP contribution in [0.2, 0.25) is 0 Å². The van der Waals surface area contributed by atoms with Crippen molar-refractivity contribution in [3.05, 3.63) is 35.4 Å². The van der Waals surface area contributed by atoms with Crippen LogP contribution in [0.5, 0.6) is 11.5 Å². The summed E-state index contributed by atoms with van der Waals surface area (Å²) in [5, 5.41) is 7.46. The molecule has 1 aromatic carbocycles. The molecule has 2 aliphatic heterocycles. The monoisotopic (exact) mass is 328 g/mol. The van der Waals surface area contributed by atoms with E-state index in [1.54, 1.807) is 0 Å². The SMILES string of the molecule is Cc1nc2n(n1)CC(NC(=O)Cc1ccc3c(c1)OCCO3)CC2. The van der Waals surface area contributed by atoms with Gasteiger partial charge in [-0.2, -0.15) is 5.10 Å². The second kappa shape index (κ2) is 6.14. The van der Waals surface area contributed by atoms with E-state index in [0.717, 1.165) is 35.8 Å². The average Bonchev–Trinajstić information content (AvgIpc) is 2.94. The highest BCUT2D eigenvalue weighted by Crippen LogP contribution is 2.30. The highest BCUT2D eigenvalue weighted by molar-refractivity contribution is 5.79.